The van der Waals surface area contributed by atoms with Gasteiger partial charge in [-0.05, 0) is 43.7 Å². The fourth-order valence-corrected chi connectivity index (χ4v) is 4.36. The molecule has 0 amide bonds. The number of rotatable bonds is 5. The second-order valence-electron chi connectivity index (χ2n) is 6.00. The maximum Gasteiger partial charge on any atom is 0.0834 e. The summed E-state index contributed by atoms with van der Waals surface area (Å²) in [5.74, 6) is 0.731. The van der Waals surface area contributed by atoms with Crippen LogP contribution in [0, 0.1) is 5.92 Å². The van der Waals surface area contributed by atoms with Crippen LogP contribution in [0.2, 0.25) is 0 Å². The number of thiophene rings is 1. The van der Waals surface area contributed by atoms with Crippen molar-refractivity contribution in [3.63, 3.8) is 0 Å². The van der Waals surface area contributed by atoms with Crippen LogP contribution < -0.4 is 5.73 Å². The van der Waals surface area contributed by atoms with E-state index in [4.69, 9.17) is 10.5 Å². The standard InChI is InChI=1S/C16H27NOS/c1-4-13-7-8-14(19-13)10-15(17)16(18-3)9-5-6-12(2)11-16/h7-8,12,15H,4-6,9-11,17H2,1-3H3. The van der Waals surface area contributed by atoms with E-state index in [1.54, 1.807) is 0 Å². The third-order valence-corrected chi connectivity index (χ3v) is 5.81. The molecule has 1 aromatic rings. The Morgan fingerprint density at radius 2 is 2.21 bits per heavy atom. The molecule has 3 heteroatoms. The Bertz CT molecular complexity index is 403. The number of nitrogens with two attached hydrogens (primary N) is 1. The van der Waals surface area contributed by atoms with Gasteiger partial charge in [-0.15, -0.1) is 11.3 Å². The van der Waals surface area contributed by atoms with Crippen LogP contribution in [0.1, 0.15) is 49.3 Å². The van der Waals surface area contributed by atoms with Crippen molar-refractivity contribution in [1.82, 2.24) is 0 Å². The van der Waals surface area contributed by atoms with Gasteiger partial charge < -0.3 is 10.5 Å². The Balaban J connectivity index is 2.05. The van der Waals surface area contributed by atoms with Crippen LogP contribution in [0.15, 0.2) is 12.1 Å². The molecule has 19 heavy (non-hydrogen) atoms. The minimum atomic E-state index is -0.103. The molecule has 1 aromatic heterocycles. The minimum Gasteiger partial charge on any atom is -0.377 e. The van der Waals surface area contributed by atoms with Gasteiger partial charge in [0.25, 0.3) is 0 Å². The highest BCUT2D eigenvalue weighted by molar-refractivity contribution is 7.11. The van der Waals surface area contributed by atoms with E-state index in [0.29, 0.717) is 0 Å². The van der Waals surface area contributed by atoms with Crippen molar-refractivity contribution in [2.75, 3.05) is 7.11 Å². The molecule has 2 rings (SSSR count). The average molecular weight is 281 g/mol. The quantitative estimate of drug-likeness (QED) is 0.891. The van der Waals surface area contributed by atoms with Gasteiger partial charge in [0, 0.05) is 22.9 Å². The molecule has 1 saturated carbocycles. The molecule has 0 aromatic carbocycles. The third-order valence-electron chi connectivity index (χ3n) is 4.56. The van der Waals surface area contributed by atoms with Gasteiger partial charge in [-0.25, -0.2) is 0 Å². The lowest BCUT2D eigenvalue weighted by molar-refractivity contribution is -0.0703. The number of hydrogen-bond donors (Lipinski definition) is 1. The van der Waals surface area contributed by atoms with Gasteiger partial charge in [0.15, 0.2) is 0 Å². The monoisotopic (exact) mass is 281 g/mol. The van der Waals surface area contributed by atoms with Crippen LogP contribution in [0.3, 0.4) is 0 Å². The maximum absolute atomic E-state index is 6.52. The first-order valence-corrected chi connectivity index (χ1v) is 8.29. The van der Waals surface area contributed by atoms with E-state index >= 15 is 0 Å². The topological polar surface area (TPSA) is 35.2 Å². The van der Waals surface area contributed by atoms with Gasteiger partial charge in [0.1, 0.15) is 0 Å². The molecule has 3 atom stereocenters. The SMILES string of the molecule is CCc1ccc(CC(N)C2(OC)CCCC(C)C2)s1. The summed E-state index contributed by atoms with van der Waals surface area (Å²) in [5, 5.41) is 0. The lowest BCUT2D eigenvalue weighted by Crippen LogP contribution is -2.53. The molecule has 1 aliphatic rings. The van der Waals surface area contributed by atoms with E-state index in [9.17, 15) is 0 Å². The van der Waals surface area contributed by atoms with Crippen LogP contribution in [0.25, 0.3) is 0 Å². The largest absolute Gasteiger partial charge is 0.377 e. The molecule has 108 valence electrons. The Kier molecular flexibility index (Phi) is 5.04. The molecule has 0 aliphatic heterocycles. The van der Waals surface area contributed by atoms with E-state index in [1.807, 2.05) is 18.4 Å². The summed E-state index contributed by atoms with van der Waals surface area (Å²) in [6, 6.07) is 4.58. The summed E-state index contributed by atoms with van der Waals surface area (Å²) in [6.07, 6.45) is 6.85. The molecule has 1 heterocycles. The minimum absolute atomic E-state index is 0.103. The van der Waals surface area contributed by atoms with E-state index in [0.717, 1.165) is 31.6 Å². The van der Waals surface area contributed by atoms with E-state index in [-0.39, 0.29) is 11.6 Å². The van der Waals surface area contributed by atoms with Gasteiger partial charge in [-0.1, -0.05) is 26.7 Å². The smallest absolute Gasteiger partial charge is 0.0834 e. The van der Waals surface area contributed by atoms with Crippen molar-refractivity contribution in [3.05, 3.63) is 21.9 Å². The summed E-state index contributed by atoms with van der Waals surface area (Å²) in [7, 11) is 1.84. The number of aryl methyl sites for hydroxylation is 1. The number of ether oxygens (including phenoxy) is 1. The molecule has 0 spiro atoms. The Morgan fingerprint density at radius 1 is 1.47 bits per heavy atom. The zero-order valence-corrected chi connectivity index (χ0v) is 13.3. The summed E-state index contributed by atoms with van der Waals surface area (Å²) in [4.78, 5) is 2.85. The van der Waals surface area contributed by atoms with Gasteiger partial charge in [0.2, 0.25) is 0 Å². The molecule has 0 saturated heterocycles. The van der Waals surface area contributed by atoms with Crippen molar-refractivity contribution >= 4 is 11.3 Å². The predicted molar refractivity (Wildman–Crippen MR) is 82.7 cm³/mol. The summed E-state index contributed by atoms with van der Waals surface area (Å²) < 4.78 is 5.90. The van der Waals surface area contributed by atoms with E-state index < -0.39 is 0 Å². The van der Waals surface area contributed by atoms with Crippen LogP contribution in [-0.4, -0.2) is 18.8 Å². The van der Waals surface area contributed by atoms with E-state index in [2.05, 4.69) is 26.0 Å². The fourth-order valence-electron chi connectivity index (χ4n) is 3.34. The molecule has 0 radical (unpaired) electrons. The Morgan fingerprint density at radius 3 is 2.79 bits per heavy atom. The highest BCUT2D eigenvalue weighted by atomic mass is 32.1. The first-order chi connectivity index (χ1) is 9.09. The van der Waals surface area contributed by atoms with Gasteiger partial charge >= 0.3 is 0 Å². The molecule has 3 unspecified atom stereocenters. The van der Waals surface area contributed by atoms with Crippen molar-refractivity contribution < 1.29 is 4.74 Å². The Hall–Kier alpha value is -0.380. The molecular weight excluding hydrogens is 254 g/mol. The average Bonchev–Trinajstić information content (AvgIpc) is 2.86. The highest BCUT2D eigenvalue weighted by Gasteiger charge is 2.40. The van der Waals surface area contributed by atoms with Crippen molar-refractivity contribution in [3.8, 4) is 0 Å². The fraction of sp³-hybridized carbons (Fsp3) is 0.750. The molecule has 2 N–H and O–H groups in total. The van der Waals surface area contributed by atoms with Gasteiger partial charge in [-0.2, -0.15) is 0 Å². The van der Waals surface area contributed by atoms with Crippen molar-refractivity contribution in [2.24, 2.45) is 11.7 Å². The maximum atomic E-state index is 6.52. The highest BCUT2D eigenvalue weighted by Crippen LogP contribution is 2.38. The van der Waals surface area contributed by atoms with E-state index in [1.165, 1.54) is 22.6 Å². The normalized spacial score (nSPS) is 29.4. The van der Waals surface area contributed by atoms with Gasteiger partial charge in [0.05, 0.1) is 5.60 Å². The third kappa shape index (κ3) is 3.39. The van der Waals surface area contributed by atoms with Crippen LogP contribution in [0.4, 0.5) is 0 Å². The summed E-state index contributed by atoms with van der Waals surface area (Å²) >= 11 is 1.90. The first-order valence-electron chi connectivity index (χ1n) is 7.48. The molecule has 2 nitrogen and oxygen atoms in total. The summed E-state index contributed by atoms with van der Waals surface area (Å²) in [6.45, 7) is 4.52. The van der Waals surface area contributed by atoms with Crippen molar-refractivity contribution in [2.45, 2.75) is 64.0 Å². The lowest BCUT2D eigenvalue weighted by atomic mass is 9.74. The lowest BCUT2D eigenvalue weighted by Gasteiger charge is -2.43. The zero-order valence-electron chi connectivity index (χ0n) is 12.4. The van der Waals surface area contributed by atoms with Crippen LogP contribution >= 0.6 is 11.3 Å². The predicted octanol–water partition coefficient (Wildman–Crippen LogP) is 3.78. The van der Waals surface area contributed by atoms with Crippen molar-refractivity contribution in [1.29, 1.82) is 0 Å². The second kappa shape index (κ2) is 6.38. The molecule has 0 bridgehead atoms. The number of hydrogen-bond acceptors (Lipinski definition) is 3. The van der Waals surface area contributed by atoms with Crippen LogP contribution in [-0.2, 0) is 17.6 Å². The number of methoxy groups -OCH3 is 1. The molecule has 1 fully saturated rings. The van der Waals surface area contributed by atoms with Crippen LogP contribution in [0.5, 0.6) is 0 Å². The summed E-state index contributed by atoms with van der Waals surface area (Å²) in [5.41, 5.74) is 6.42. The Labute approximate surface area is 121 Å². The molecular formula is C16H27NOS. The van der Waals surface area contributed by atoms with Gasteiger partial charge in [-0.3, -0.25) is 0 Å². The zero-order chi connectivity index (χ0) is 13.9. The molecule has 1 aliphatic carbocycles. The first kappa shape index (κ1) is 15.0. The second-order valence-corrected chi connectivity index (χ2v) is 7.26.